The Balaban J connectivity index is 1.68. The van der Waals surface area contributed by atoms with E-state index in [2.05, 4.69) is 10.6 Å². The van der Waals surface area contributed by atoms with Crippen molar-refractivity contribution in [2.75, 3.05) is 19.8 Å². The average molecular weight is 296 g/mol. The molecule has 1 saturated heterocycles. The van der Waals surface area contributed by atoms with Crippen molar-refractivity contribution in [2.45, 2.75) is 45.3 Å². The lowest BCUT2D eigenvalue weighted by Crippen LogP contribution is -2.44. The van der Waals surface area contributed by atoms with E-state index in [4.69, 9.17) is 9.15 Å². The number of urea groups is 1. The minimum atomic E-state index is -0.620. The second-order valence-electron chi connectivity index (χ2n) is 5.46. The zero-order valence-electron chi connectivity index (χ0n) is 12.6. The molecule has 1 aliphatic heterocycles. The number of hydrogen-bond donors (Lipinski definition) is 3. The van der Waals surface area contributed by atoms with E-state index in [1.807, 2.05) is 19.9 Å². The standard InChI is InChI=1S/C15H24N2O4/c1-10-9-13(11(2)21-10)14(18)3-6-16-15(19)17-12-4-7-20-8-5-12/h9,12,14,18H,3-8H2,1-2H3,(H2,16,17,19)/t14-/m0/s1. The van der Waals surface area contributed by atoms with Crippen LogP contribution in [-0.4, -0.2) is 36.9 Å². The summed E-state index contributed by atoms with van der Waals surface area (Å²) in [7, 11) is 0. The summed E-state index contributed by atoms with van der Waals surface area (Å²) in [5, 5.41) is 15.8. The summed E-state index contributed by atoms with van der Waals surface area (Å²) >= 11 is 0. The van der Waals surface area contributed by atoms with Crippen LogP contribution in [0.25, 0.3) is 0 Å². The fourth-order valence-corrected chi connectivity index (χ4v) is 2.54. The van der Waals surface area contributed by atoms with Gasteiger partial charge in [0, 0.05) is 31.4 Å². The Morgan fingerprint density at radius 3 is 2.76 bits per heavy atom. The number of aliphatic hydroxyl groups excluding tert-OH is 1. The lowest BCUT2D eigenvalue weighted by Gasteiger charge is -2.23. The van der Waals surface area contributed by atoms with Crippen molar-refractivity contribution < 1.29 is 19.1 Å². The Bertz CT molecular complexity index is 466. The summed E-state index contributed by atoms with van der Waals surface area (Å²) in [5.41, 5.74) is 0.791. The van der Waals surface area contributed by atoms with Crippen LogP contribution in [0.1, 0.15) is 42.5 Å². The van der Waals surface area contributed by atoms with Crippen molar-refractivity contribution in [2.24, 2.45) is 0 Å². The van der Waals surface area contributed by atoms with Gasteiger partial charge in [-0.2, -0.15) is 0 Å². The van der Waals surface area contributed by atoms with Crippen molar-refractivity contribution in [3.8, 4) is 0 Å². The number of carbonyl (C=O) groups excluding carboxylic acids is 1. The van der Waals surface area contributed by atoms with Gasteiger partial charge in [0.25, 0.3) is 0 Å². The van der Waals surface area contributed by atoms with Gasteiger partial charge in [-0.3, -0.25) is 0 Å². The van der Waals surface area contributed by atoms with Crippen molar-refractivity contribution in [3.63, 3.8) is 0 Å². The fourth-order valence-electron chi connectivity index (χ4n) is 2.54. The van der Waals surface area contributed by atoms with Crippen LogP contribution in [0.5, 0.6) is 0 Å². The third kappa shape index (κ3) is 4.75. The van der Waals surface area contributed by atoms with E-state index in [1.165, 1.54) is 0 Å². The highest BCUT2D eigenvalue weighted by Gasteiger charge is 2.17. The molecule has 1 fully saturated rings. The van der Waals surface area contributed by atoms with Gasteiger partial charge in [0.15, 0.2) is 0 Å². The first kappa shape index (κ1) is 15.9. The van der Waals surface area contributed by atoms with Crippen molar-refractivity contribution >= 4 is 6.03 Å². The van der Waals surface area contributed by atoms with Gasteiger partial charge in [-0.25, -0.2) is 4.79 Å². The number of rotatable bonds is 5. The average Bonchev–Trinajstić information content (AvgIpc) is 2.79. The summed E-state index contributed by atoms with van der Waals surface area (Å²) in [4.78, 5) is 11.7. The van der Waals surface area contributed by atoms with Crippen LogP contribution in [0.4, 0.5) is 4.79 Å². The van der Waals surface area contributed by atoms with E-state index in [0.717, 1.165) is 29.9 Å². The molecule has 6 nitrogen and oxygen atoms in total. The largest absolute Gasteiger partial charge is 0.466 e. The predicted octanol–water partition coefficient (Wildman–Crippen LogP) is 1.80. The van der Waals surface area contributed by atoms with Gasteiger partial charge in [0.05, 0.1) is 6.10 Å². The Morgan fingerprint density at radius 1 is 1.43 bits per heavy atom. The first-order chi connectivity index (χ1) is 10.1. The minimum absolute atomic E-state index is 0.183. The predicted molar refractivity (Wildman–Crippen MR) is 78.1 cm³/mol. The summed E-state index contributed by atoms with van der Waals surface area (Å²) in [6, 6.07) is 1.83. The second-order valence-corrected chi connectivity index (χ2v) is 5.46. The first-order valence-electron chi connectivity index (χ1n) is 7.43. The molecule has 1 aliphatic rings. The molecule has 0 unspecified atom stereocenters. The molecule has 1 aromatic heterocycles. The van der Waals surface area contributed by atoms with Crippen molar-refractivity contribution in [1.29, 1.82) is 0 Å². The second kappa shape index (κ2) is 7.47. The summed E-state index contributed by atoms with van der Waals surface area (Å²) in [6.07, 6.45) is 1.54. The lowest BCUT2D eigenvalue weighted by atomic mass is 10.1. The molecule has 2 rings (SSSR count). The van der Waals surface area contributed by atoms with Crippen LogP contribution in [-0.2, 0) is 4.74 Å². The molecule has 0 aliphatic carbocycles. The van der Waals surface area contributed by atoms with Crippen LogP contribution >= 0.6 is 0 Å². The zero-order valence-corrected chi connectivity index (χ0v) is 12.6. The fraction of sp³-hybridized carbons (Fsp3) is 0.667. The van der Waals surface area contributed by atoms with Crippen LogP contribution in [0.2, 0.25) is 0 Å². The molecule has 0 radical (unpaired) electrons. The monoisotopic (exact) mass is 296 g/mol. The maximum atomic E-state index is 11.7. The van der Waals surface area contributed by atoms with Gasteiger partial charge in [-0.05, 0) is 39.2 Å². The molecule has 1 atom stereocenters. The van der Waals surface area contributed by atoms with Gasteiger partial charge in [-0.1, -0.05) is 0 Å². The molecule has 3 N–H and O–H groups in total. The molecule has 0 aromatic carbocycles. The Hall–Kier alpha value is -1.53. The molecular formula is C15H24N2O4. The normalized spacial score (nSPS) is 17.5. The maximum Gasteiger partial charge on any atom is 0.315 e. The smallest absolute Gasteiger partial charge is 0.315 e. The van der Waals surface area contributed by atoms with Crippen molar-refractivity contribution in [3.05, 3.63) is 23.2 Å². The van der Waals surface area contributed by atoms with E-state index < -0.39 is 6.10 Å². The highest BCUT2D eigenvalue weighted by molar-refractivity contribution is 5.74. The summed E-state index contributed by atoms with van der Waals surface area (Å²) in [6.45, 7) is 5.49. The third-order valence-electron chi connectivity index (χ3n) is 3.70. The first-order valence-corrected chi connectivity index (χ1v) is 7.43. The third-order valence-corrected chi connectivity index (χ3v) is 3.70. The molecule has 0 saturated carbocycles. The van der Waals surface area contributed by atoms with Gasteiger partial charge >= 0.3 is 6.03 Å². The van der Waals surface area contributed by atoms with E-state index in [1.54, 1.807) is 0 Å². The van der Waals surface area contributed by atoms with Crippen molar-refractivity contribution in [1.82, 2.24) is 10.6 Å². The quantitative estimate of drug-likeness (QED) is 0.773. The van der Waals surface area contributed by atoms with E-state index in [9.17, 15) is 9.90 Å². The van der Waals surface area contributed by atoms with Gasteiger partial charge in [0.2, 0.25) is 0 Å². The molecule has 0 spiro atoms. The van der Waals surface area contributed by atoms with Crippen LogP contribution in [0.3, 0.4) is 0 Å². The SMILES string of the molecule is Cc1cc([C@@H](O)CCNC(=O)NC2CCOCC2)c(C)o1. The minimum Gasteiger partial charge on any atom is -0.466 e. The number of hydrogen-bond acceptors (Lipinski definition) is 4. The summed E-state index contributed by atoms with van der Waals surface area (Å²) in [5.74, 6) is 1.51. The Morgan fingerprint density at radius 2 is 2.14 bits per heavy atom. The van der Waals surface area contributed by atoms with E-state index in [-0.39, 0.29) is 12.1 Å². The number of ether oxygens (including phenoxy) is 1. The van der Waals surface area contributed by atoms with Crippen LogP contribution in [0.15, 0.2) is 10.5 Å². The number of aryl methyl sites for hydroxylation is 2. The number of aliphatic hydroxyl groups is 1. The molecule has 1 aromatic rings. The van der Waals surface area contributed by atoms with E-state index >= 15 is 0 Å². The molecule has 21 heavy (non-hydrogen) atoms. The number of amides is 2. The highest BCUT2D eigenvalue weighted by Crippen LogP contribution is 2.23. The highest BCUT2D eigenvalue weighted by atomic mass is 16.5. The Kier molecular flexibility index (Phi) is 5.64. The zero-order chi connectivity index (χ0) is 15.2. The molecule has 118 valence electrons. The molecule has 0 bridgehead atoms. The van der Waals surface area contributed by atoms with E-state index in [0.29, 0.717) is 26.2 Å². The Labute approximate surface area is 124 Å². The molecule has 2 heterocycles. The molecule has 2 amide bonds. The van der Waals surface area contributed by atoms with Crippen LogP contribution in [0, 0.1) is 13.8 Å². The summed E-state index contributed by atoms with van der Waals surface area (Å²) < 4.78 is 10.6. The van der Waals surface area contributed by atoms with Crippen LogP contribution < -0.4 is 10.6 Å². The molecule has 6 heteroatoms. The van der Waals surface area contributed by atoms with Gasteiger partial charge < -0.3 is 24.9 Å². The number of furan rings is 1. The topological polar surface area (TPSA) is 83.7 Å². The number of carbonyl (C=O) groups is 1. The number of nitrogens with one attached hydrogen (secondary N) is 2. The van der Waals surface area contributed by atoms with Gasteiger partial charge in [0.1, 0.15) is 11.5 Å². The lowest BCUT2D eigenvalue weighted by molar-refractivity contribution is 0.0800. The maximum absolute atomic E-state index is 11.7. The van der Waals surface area contributed by atoms with Gasteiger partial charge in [-0.15, -0.1) is 0 Å². The molecular weight excluding hydrogens is 272 g/mol.